The molecule has 2 aromatic heterocycles. The fourth-order valence-corrected chi connectivity index (χ4v) is 2.69. The molecule has 0 amide bonds. The van der Waals surface area contributed by atoms with Gasteiger partial charge in [-0.1, -0.05) is 42.5 Å². The molecule has 122 valence electrons. The summed E-state index contributed by atoms with van der Waals surface area (Å²) in [7, 11) is 2.08. The molecule has 0 atom stereocenters. The number of pyridine rings is 2. The smallest absolute Gasteiger partial charge is 0.133 e. The van der Waals surface area contributed by atoms with Gasteiger partial charge in [0.1, 0.15) is 5.82 Å². The van der Waals surface area contributed by atoms with Gasteiger partial charge in [-0.3, -0.25) is 4.98 Å². The Morgan fingerprint density at radius 2 is 1.67 bits per heavy atom. The molecule has 0 aliphatic rings. The number of nitrogens with zero attached hydrogens (tertiary/aromatic N) is 3. The lowest BCUT2D eigenvalue weighted by atomic mass is 10.2. The van der Waals surface area contributed by atoms with Crippen LogP contribution in [-0.4, -0.2) is 17.0 Å². The second-order valence-electron chi connectivity index (χ2n) is 5.79. The Labute approximate surface area is 143 Å². The highest BCUT2D eigenvalue weighted by atomic mass is 15.2. The molecule has 0 bridgehead atoms. The molecule has 0 saturated carbocycles. The first-order valence-corrected chi connectivity index (χ1v) is 8.11. The molecule has 4 heteroatoms. The van der Waals surface area contributed by atoms with Crippen LogP contribution in [0.15, 0.2) is 73.2 Å². The Morgan fingerprint density at radius 1 is 0.875 bits per heavy atom. The van der Waals surface area contributed by atoms with E-state index in [1.54, 1.807) is 6.20 Å². The summed E-state index contributed by atoms with van der Waals surface area (Å²) in [5, 5.41) is 3.47. The van der Waals surface area contributed by atoms with Crippen LogP contribution < -0.4 is 10.2 Å². The lowest BCUT2D eigenvalue weighted by Crippen LogP contribution is -2.21. The van der Waals surface area contributed by atoms with Crippen LogP contribution >= 0.6 is 0 Å². The van der Waals surface area contributed by atoms with Crippen LogP contribution in [0.25, 0.3) is 0 Å². The lowest BCUT2D eigenvalue weighted by molar-refractivity contribution is 0.686. The van der Waals surface area contributed by atoms with Crippen LogP contribution in [0.4, 0.5) is 5.82 Å². The van der Waals surface area contributed by atoms with Crippen molar-refractivity contribution in [1.29, 1.82) is 0 Å². The van der Waals surface area contributed by atoms with Crippen molar-refractivity contribution in [3.05, 3.63) is 89.9 Å². The molecule has 1 aromatic carbocycles. The Kier molecular flexibility index (Phi) is 5.53. The number of aromatic nitrogens is 2. The summed E-state index contributed by atoms with van der Waals surface area (Å²) in [5.74, 6) is 1.01. The summed E-state index contributed by atoms with van der Waals surface area (Å²) in [5.41, 5.74) is 3.65. The lowest BCUT2D eigenvalue weighted by Gasteiger charge is -2.21. The highest BCUT2D eigenvalue weighted by Crippen LogP contribution is 2.18. The molecule has 3 aromatic rings. The minimum Gasteiger partial charge on any atom is -0.355 e. The highest BCUT2D eigenvalue weighted by molar-refractivity contribution is 5.46. The molecular weight excluding hydrogens is 296 g/mol. The third-order valence-corrected chi connectivity index (χ3v) is 3.86. The largest absolute Gasteiger partial charge is 0.355 e. The van der Waals surface area contributed by atoms with Gasteiger partial charge in [0.2, 0.25) is 0 Å². The van der Waals surface area contributed by atoms with E-state index in [-0.39, 0.29) is 0 Å². The zero-order chi connectivity index (χ0) is 16.6. The summed E-state index contributed by atoms with van der Waals surface area (Å²) in [6, 6.07) is 18.6. The quantitative estimate of drug-likeness (QED) is 0.725. The van der Waals surface area contributed by atoms with Crippen LogP contribution in [0.3, 0.4) is 0 Å². The molecule has 0 aliphatic heterocycles. The summed E-state index contributed by atoms with van der Waals surface area (Å²) >= 11 is 0. The third kappa shape index (κ3) is 4.40. The van der Waals surface area contributed by atoms with E-state index in [4.69, 9.17) is 0 Å². The minimum atomic E-state index is 0.775. The summed E-state index contributed by atoms with van der Waals surface area (Å²) in [6.07, 6.45) is 5.53. The first kappa shape index (κ1) is 16.1. The highest BCUT2D eigenvalue weighted by Gasteiger charge is 2.09. The number of hydrogen-bond acceptors (Lipinski definition) is 4. The number of anilines is 1. The first-order valence-electron chi connectivity index (χ1n) is 8.11. The van der Waals surface area contributed by atoms with E-state index in [0.29, 0.717) is 0 Å². The van der Waals surface area contributed by atoms with Crippen molar-refractivity contribution < 1.29 is 0 Å². The van der Waals surface area contributed by atoms with E-state index < -0.39 is 0 Å². The van der Waals surface area contributed by atoms with Crippen molar-refractivity contribution in [2.75, 3.05) is 11.9 Å². The Hall–Kier alpha value is -2.72. The fourth-order valence-electron chi connectivity index (χ4n) is 2.69. The van der Waals surface area contributed by atoms with Crippen LogP contribution in [-0.2, 0) is 19.6 Å². The maximum Gasteiger partial charge on any atom is 0.133 e. The van der Waals surface area contributed by atoms with Gasteiger partial charge in [0.25, 0.3) is 0 Å². The predicted octanol–water partition coefficient (Wildman–Crippen LogP) is 3.40. The molecule has 1 N–H and O–H groups in total. The predicted molar refractivity (Wildman–Crippen MR) is 97.6 cm³/mol. The van der Waals surface area contributed by atoms with Crippen molar-refractivity contribution in [2.24, 2.45) is 0 Å². The topological polar surface area (TPSA) is 41.1 Å². The van der Waals surface area contributed by atoms with Crippen molar-refractivity contribution in [3.8, 4) is 0 Å². The monoisotopic (exact) mass is 318 g/mol. The first-order chi connectivity index (χ1) is 11.8. The number of nitrogens with one attached hydrogen (secondary N) is 1. The molecule has 0 saturated heterocycles. The van der Waals surface area contributed by atoms with Crippen molar-refractivity contribution in [3.63, 3.8) is 0 Å². The molecule has 0 radical (unpaired) electrons. The molecule has 2 heterocycles. The van der Waals surface area contributed by atoms with Gasteiger partial charge in [-0.2, -0.15) is 0 Å². The molecule has 3 rings (SSSR count). The molecular formula is C20H22N4. The van der Waals surface area contributed by atoms with Crippen molar-refractivity contribution in [1.82, 2.24) is 15.3 Å². The molecule has 24 heavy (non-hydrogen) atoms. The van der Waals surface area contributed by atoms with E-state index in [0.717, 1.165) is 25.5 Å². The number of benzene rings is 1. The number of hydrogen-bond donors (Lipinski definition) is 1. The zero-order valence-electron chi connectivity index (χ0n) is 13.9. The van der Waals surface area contributed by atoms with E-state index in [1.807, 2.05) is 30.6 Å². The van der Waals surface area contributed by atoms with Gasteiger partial charge >= 0.3 is 0 Å². The van der Waals surface area contributed by atoms with Gasteiger partial charge < -0.3 is 10.2 Å². The van der Waals surface area contributed by atoms with Crippen LogP contribution in [0, 0.1) is 0 Å². The summed E-state index contributed by atoms with van der Waals surface area (Å²) in [6.45, 7) is 2.41. The van der Waals surface area contributed by atoms with Gasteiger partial charge in [-0.15, -0.1) is 0 Å². The van der Waals surface area contributed by atoms with Crippen LogP contribution in [0.1, 0.15) is 16.7 Å². The Balaban J connectivity index is 1.64. The van der Waals surface area contributed by atoms with E-state index in [2.05, 4.69) is 63.6 Å². The van der Waals surface area contributed by atoms with Crippen molar-refractivity contribution >= 4 is 5.82 Å². The standard InChI is InChI=1S/C20H22N4/c1-24(16-17-7-3-2-4-8-17)20-19(10-6-12-23-20)15-22-14-18-9-5-11-21-13-18/h2-13,22H,14-16H2,1H3. The van der Waals surface area contributed by atoms with Gasteiger partial charge in [-0.05, 0) is 23.3 Å². The van der Waals surface area contributed by atoms with E-state index >= 15 is 0 Å². The van der Waals surface area contributed by atoms with E-state index in [9.17, 15) is 0 Å². The minimum absolute atomic E-state index is 0.775. The third-order valence-electron chi connectivity index (χ3n) is 3.86. The average molecular weight is 318 g/mol. The van der Waals surface area contributed by atoms with Crippen molar-refractivity contribution in [2.45, 2.75) is 19.6 Å². The number of rotatable bonds is 7. The maximum absolute atomic E-state index is 4.57. The van der Waals surface area contributed by atoms with E-state index in [1.165, 1.54) is 16.7 Å². The average Bonchev–Trinajstić information content (AvgIpc) is 2.64. The molecule has 0 aliphatic carbocycles. The second-order valence-corrected chi connectivity index (χ2v) is 5.79. The molecule has 0 unspecified atom stereocenters. The summed E-state index contributed by atoms with van der Waals surface area (Å²) < 4.78 is 0. The normalized spacial score (nSPS) is 10.5. The van der Waals surface area contributed by atoms with Gasteiger partial charge in [0.05, 0.1) is 0 Å². The van der Waals surface area contributed by atoms with Gasteiger partial charge in [0.15, 0.2) is 0 Å². The fraction of sp³-hybridized carbons (Fsp3) is 0.200. The van der Waals surface area contributed by atoms with Crippen LogP contribution in [0.5, 0.6) is 0 Å². The Bertz CT molecular complexity index is 744. The van der Waals surface area contributed by atoms with Gasteiger partial charge in [0, 0.05) is 50.8 Å². The molecule has 4 nitrogen and oxygen atoms in total. The maximum atomic E-state index is 4.57. The second kappa shape index (κ2) is 8.22. The summed E-state index contributed by atoms with van der Waals surface area (Å²) in [4.78, 5) is 10.9. The zero-order valence-corrected chi connectivity index (χ0v) is 13.9. The van der Waals surface area contributed by atoms with Gasteiger partial charge in [-0.25, -0.2) is 4.98 Å². The molecule has 0 fully saturated rings. The van der Waals surface area contributed by atoms with Crippen LogP contribution in [0.2, 0.25) is 0 Å². The molecule has 0 spiro atoms. The Morgan fingerprint density at radius 3 is 2.46 bits per heavy atom. The SMILES string of the molecule is CN(Cc1ccccc1)c1ncccc1CNCc1cccnc1.